The SMILES string of the molecule is Fc1ccccc1Cc1cn2cc(-c3ccccc3)nc2s1. The summed E-state index contributed by atoms with van der Waals surface area (Å²) >= 11 is 1.60. The first kappa shape index (κ1) is 13.2. The molecule has 2 heterocycles. The van der Waals surface area contributed by atoms with Gasteiger partial charge in [0.25, 0.3) is 0 Å². The third-order valence-corrected chi connectivity index (χ3v) is 4.59. The second-order valence-corrected chi connectivity index (χ2v) is 6.24. The highest BCUT2D eigenvalue weighted by Gasteiger charge is 2.10. The molecule has 0 unspecified atom stereocenters. The molecule has 108 valence electrons. The van der Waals surface area contributed by atoms with Gasteiger partial charge in [-0.15, -0.1) is 11.3 Å². The Labute approximate surface area is 131 Å². The van der Waals surface area contributed by atoms with Gasteiger partial charge in [0.1, 0.15) is 5.82 Å². The highest BCUT2D eigenvalue weighted by molar-refractivity contribution is 7.17. The van der Waals surface area contributed by atoms with Gasteiger partial charge in [-0.1, -0.05) is 48.5 Å². The van der Waals surface area contributed by atoms with Crippen molar-refractivity contribution in [3.05, 3.63) is 83.2 Å². The molecule has 2 aromatic heterocycles. The molecular formula is C18H13FN2S. The van der Waals surface area contributed by atoms with Crippen LogP contribution in [0.15, 0.2) is 67.0 Å². The molecule has 4 aromatic rings. The first-order chi connectivity index (χ1) is 10.8. The number of nitrogens with zero attached hydrogens (tertiary/aromatic N) is 2. The smallest absolute Gasteiger partial charge is 0.194 e. The van der Waals surface area contributed by atoms with E-state index in [0.29, 0.717) is 6.42 Å². The molecule has 0 aliphatic rings. The van der Waals surface area contributed by atoms with Gasteiger partial charge in [-0.2, -0.15) is 0 Å². The molecule has 4 rings (SSSR count). The average molecular weight is 308 g/mol. The van der Waals surface area contributed by atoms with Crippen molar-refractivity contribution in [2.24, 2.45) is 0 Å². The Morgan fingerprint density at radius 1 is 0.955 bits per heavy atom. The molecule has 0 aliphatic heterocycles. The van der Waals surface area contributed by atoms with Crippen molar-refractivity contribution in [2.75, 3.05) is 0 Å². The van der Waals surface area contributed by atoms with Gasteiger partial charge in [0.05, 0.1) is 5.69 Å². The topological polar surface area (TPSA) is 17.3 Å². The van der Waals surface area contributed by atoms with E-state index in [4.69, 9.17) is 0 Å². The Balaban J connectivity index is 1.66. The van der Waals surface area contributed by atoms with E-state index in [0.717, 1.165) is 26.7 Å². The van der Waals surface area contributed by atoms with Crippen molar-refractivity contribution in [3.63, 3.8) is 0 Å². The summed E-state index contributed by atoms with van der Waals surface area (Å²) < 4.78 is 15.7. The van der Waals surface area contributed by atoms with Crippen LogP contribution in [0.3, 0.4) is 0 Å². The molecule has 4 heteroatoms. The Kier molecular flexibility index (Phi) is 3.24. The summed E-state index contributed by atoms with van der Waals surface area (Å²) in [6, 6.07) is 17.0. The highest BCUT2D eigenvalue weighted by atomic mass is 32.1. The van der Waals surface area contributed by atoms with Gasteiger partial charge >= 0.3 is 0 Å². The number of thiazole rings is 1. The molecule has 0 aliphatic carbocycles. The highest BCUT2D eigenvalue weighted by Crippen LogP contribution is 2.25. The van der Waals surface area contributed by atoms with Crippen molar-refractivity contribution in [1.82, 2.24) is 9.38 Å². The van der Waals surface area contributed by atoms with Gasteiger partial charge in [0.2, 0.25) is 0 Å². The largest absolute Gasteiger partial charge is 0.297 e. The number of hydrogen-bond donors (Lipinski definition) is 0. The maximum Gasteiger partial charge on any atom is 0.194 e. The van der Waals surface area contributed by atoms with Crippen molar-refractivity contribution in [3.8, 4) is 11.3 Å². The molecule has 0 atom stereocenters. The van der Waals surface area contributed by atoms with Gasteiger partial charge in [-0.3, -0.25) is 4.40 Å². The zero-order chi connectivity index (χ0) is 14.9. The van der Waals surface area contributed by atoms with Crippen LogP contribution in [-0.2, 0) is 6.42 Å². The molecule has 2 nitrogen and oxygen atoms in total. The monoisotopic (exact) mass is 308 g/mol. The third kappa shape index (κ3) is 2.42. The summed E-state index contributed by atoms with van der Waals surface area (Å²) in [6.07, 6.45) is 4.65. The van der Waals surface area contributed by atoms with Crippen molar-refractivity contribution >= 4 is 16.3 Å². The minimum atomic E-state index is -0.154. The fourth-order valence-corrected chi connectivity index (χ4v) is 3.49. The van der Waals surface area contributed by atoms with E-state index in [2.05, 4.69) is 4.98 Å². The summed E-state index contributed by atoms with van der Waals surface area (Å²) in [6.45, 7) is 0. The molecular weight excluding hydrogens is 295 g/mol. The second-order valence-electron chi connectivity index (χ2n) is 5.15. The summed E-state index contributed by atoms with van der Waals surface area (Å²) in [7, 11) is 0. The predicted octanol–water partition coefficient (Wildman–Crippen LogP) is 4.79. The molecule has 0 radical (unpaired) electrons. The first-order valence-corrected chi connectivity index (χ1v) is 7.87. The lowest BCUT2D eigenvalue weighted by Crippen LogP contribution is -1.89. The van der Waals surface area contributed by atoms with E-state index in [1.165, 1.54) is 6.07 Å². The van der Waals surface area contributed by atoms with E-state index >= 15 is 0 Å². The van der Waals surface area contributed by atoms with Crippen LogP contribution >= 0.6 is 11.3 Å². The van der Waals surface area contributed by atoms with Crippen LogP contribution in [0.2, 0.25) is 0 Å². The molecule has 0 N–H and O–H groups in total. The fourth-order valence-electron chi connectivity index (χ4n) is 2.50. The lowest BCUT2D eigenvalue weighted by Gasteiger charge is -1.99. The van der Waals surface area contributed by atoms with Gasteiger partial charge in [-0.05, 0) is 11.6 Å². The van der Waals surface area contributed by atoms with Crippen LogP contribution < -0.4 is 0 Å². The zero-order valence-corrected chi connectivity index (χ0v) is 12.6. The maximum atomic E-state index is 13.7. The number of imidazole rings is 1. The number of halogens is 1. The average Bonchev–Trinajstić information content (AvgIpc) is 3.09. The standard InChI is InChI=1S/C18H13FN2S/c19-16-9-5-4-8-14(16)10-15-11-21-12-17(20-18(21)22-15)13-6-2-1-3-7-13/h1-9,11-12H,10H2. The Morgan fingerprint density at radius 2 is 1.73 bits per heavy atom. The zero-order valence-electron chi connectivity index (χ0n) is 11.7. The molecule has 0 saturated carbocycles. The van der Waals surface area contributed by atoms with Crippen LogP contribution in [0.4, 0.5) is 4.39 Å². The molecule has 0 bridgehead atoms. The van der Waals surface area contributed by atoms with Gasteiger partial charge in [0.15, 0.2) is 4.96 Å². The number of rotatable bonds is 3. The molecule has 22 heavy (non-hydrogen) atoms. The fraction of sp³-hybridized carbons (Fsp3) is 0.0556. The summed E-state index contributed by atoms with van der Waals surface area (Å²) in [5.41, 5.74) is 2.79. The number of aromatic nitrogens is 2. The molecule has 0 saturated heterocycles. The van der Waals surface area contributed by atoms with Crippen LogP contribution in [0, 0.1) is 5.82 Å². The maximum absolute atomic E-state index is 13.7. The number of hydrogen-bond acceptors (Lipinski definition) is 2. The normalized spacial score (nSPS) is 11.1. The summed E-state index contributed by atoms with van der Waals surface area (Å²) in [5.74, 6) is -0.154. The van der Waals surface area contributed by atoms with Gasteiger partial charge in [0, 0.05) is 29.3 Å². The van der Waals surface area contributed by atoms with Crippen molar-refractivity contribution in [2.45, 2.75) is 6.42 Å². The minimum Gasteiger partial charge on any atom is -0.297 e. The third-order valence-electron chi connectivity index (χ3n) is 3.60. The molecule has 0 spiro atoms. The van der Waals surface area contributed by atoms with E-state index in [1.54, 1.807) is 17.4 Å². The molecule has 0 amide bonds. The number of benzene rings is 2. The minimum absolute atomic E-state index is 0.154. The lowest BCUT2D eigenvalue weighted by atomic mass is 10.1. The number of fused-ring (bicyclic) bond motifs is 1. The molecule has 0 fully saturated rings. The van der Waals surface area contributed by atoms with Crippen LogP contribution in [0.5, 0.6) is 0 Å². The van der Waals surface area contributed by atoms with Crippen LogP contribution in [-0.4, -0.2) is 9.38 Å². The first-order valence-electron chi connectivity index (χ1n) is 7.06. The van der Waals surface area contributed by atoms with Crippen molar-refractivity contribution in [1.29, 1.82) is 0 Å². The predicted molar refractivity (Wildman–Crippen MR) is 87.7 cm³/mol. The van der Waals surface area contributed by atoms with Gasteiger partial charge in [-0.25, -0.2) is 9.37 Å². The Morgan fingerprint density at radius 3 is 2.50 bits per heavy atom. The Hall–Kier alpha value is -2.46. The van der Waals surface area contributed by atoms with E-state index < -0.39 is 0 Å². The van der Waals surface area contributed by atoms with Gasteiger partial charge < -0.3 is 0 Å². The summed E-state index contributed by atoms with van der Waals surface area (Å²) in [5, 5.41) is 0. The molecule has 2 aromatic carbocycles. The quantitative estimate of drug-likeness (QED) is 0.532. The Bertz CT molecular complexity index is 893. The summed E-state index contributed by atoms with van der Waals surface area (Å²) in [4.78, 5) is 6.69. The van der Waals surface area contributed by atoms with E-state index in [1.807, 2.05) is 59.3 Å². The van der Waals surface area contributed by atoms with Crippen LogP contribution in [0.1, 0.15) is 10.4 Å². The lowest BCUT2D eigenvalue weighted by molar-refractivity contribution is 0.614. The van der Waals surface area contributed by atoms with E-state index in [9.17, 15) is 4.39 Å². The van der Waals surface area contributed by atoms with Crippen molar-refractivity contribution < 1.29 is 4.39 Å². The van der Waals surface area contributed by atoms with E-state index in [-0.39, 0.29) is 5.82 Å². The van der Waals surface area contributed by atoms with Crippen LogP contribution in [0.25, 0.3) is 16.2 Å². The second kappa shape index (κ2) is 5.39.